The lowest BCUT2D eigenvalue weighted by Crippen LogP contribution is -2.19. The molecule has 0 aliphatic heterocycles. The number of hydrogen-bond acceptors (Lipinski definition) is 5. The Balaban J connectivity index is 2.10. The molecule has 9 heteroatoms. The summed E-state index contributed by atoms with van der Waals surface area (Å²) in [5.74, 6) is 0. The first-order chi connectivity index (χ1) is 10.9. The number of halogens is 1. The van der Waals surface area contributed by atoms with E-state index in [1.54, 1.807) is 32.3 Å². The van der Waals surface area contributed by atoms with Gasteiger partial charge in [-0.15, -0.1) is 0 Å². The Labute approximate surface area is 135 Å². The monoisotopic (exact) mass is 333 g/mol. The molecule has 2 aromatic heterocycles. The molecule has 0 aliphatic rings. The zero-order chi connectivity index (χ0) is 16.7. The number of fused-ring (bicyclic) bond motifs is 1. The van der Waals surface area contributed by atoms with E-state index < -0.39 is 4.92 Å². The number of aryl methyl sites for hydroxylation is 2. The summed E-state index contributed by atoms with van der Waals surface area (Å²) in [4.78, 5) is 26.2. The van der Waals surface area contributed by atoms with E-state index in [0.717, 1.165) is 5.52 Å². The standard InChI is InChI=1S/C14H12ClN5O3/c1-18-10-4-3-8(7-11(10)19(2)14(18)21)17-9-5-6-16-13(15)12(9)20(22)23/h3-7H,1-2H3,(H,16,17). The van der Waals surface area contributed by atoms with E-state index in [1.165, 1.54) is 21.4 Å². The summed E-state index contributed by atoms with van der Waals surface area (Å²) in [6, 6.07) is 6.72. The SMILES string of the molecule is Cn1c(=O)n(C)c2cc(Nc3ccnc(Cl)c3[N+](=O)[O-])ccc21. The van der Waals surface area contributed by atoms with Gasteiger partial charge in [0, 0.05) is 26.0 Å². The van der Waals surface area contributed by atoms with E-state index >= 15 is 0 Å². The summed E-state index contributed by atoms with van der Waals surface area (Å²) in [5.41, 5.74) is 1.88. The molecule has 0 saturated carbocycles. The van der Waals surface area contributed by atoms with E-state index in [4.69, 9.17) is 11.6 Å². The van der Waals surface area contributed by atoms with Crippen molar-refractivity contribution in [2.45, 2.75) is 0 Å². The molecule has 0 unspecified atom stereocenters. The van der Waals surface area contributed by atoms with Crippen molar-refractivity contribution in [3.63, 3.8) is 0 Å². The van der Waals surface area contributed by atoms with Crippen LogP contribution in [0.5, 0.6) is 0 Å². The van der Waals surface area contributed by atoms with Gasteiger partial charge < -0.3 is 5.32 Å². The molecule has 0 saturated heterocycles. The van der Waals surface area contributed by atoms with Crippen molar-refractivity contribution in [3.05, 3.63) is 56.2 Å². The highest BCUT2D eigenvalue weighted by Crippen LogP contribution is 2.33. The maximum atomic E-state index is 11.9. The Morgan fingerprint density at radius 1 is 1.22 bits per heavy atom. The van der Waals surface area contributed by atoms with Crippen molar-refractivity contribution < 1.29 is 4.92 Å². The van der Waals surface area contributed by atoms with Crippen LogP contribution in [0.3, 0.4) is 0 Å². The molecule has 118 valence electrons. The van der Waals surface area contributed by atoms with E-state index in [1.807, 2.05) is 0 Å². The summed E-state index contributed by atoms with van der Waals surface area (Å²) >= 11 is 5.79. The Bertz CT molecular complexity index is 992. The van der Waals surface area contributed by atoms with Crippen LogP contribution in [-0.2, 0) is 14.1 Å². The molecule has 0 aliphatic carbocycles. The fourth-order valence-electron chi connectivity index (χ4n) is 2.44. The number of nitrogens with zero attached hydrogens (tertiary/aromatic N) is 4. The maximum absolute atomic E-state index is 11.9. The topological polar surface area (TPSA) is 95.0 Å². The summed E-state index contributed by atoms with van der Waals surface area (Å²) < 4.78 is 3.04. The van der Waals surface area contributed by atoms with Crippen molar-refractivity contribution >= 4 is 39.7 Å². The molecule has 0 atom stereocenters. The number of imidazole rings is 1. The Hall–Kier alpha value is -2.87. The largest absolute Gasteiger partial charge is 0.350 e. The van der Waals surface area contributed by atoms with Crippen LogP contribution in [-0.4, -0.2) is 19.0 Å². The molecule has 1 N–H and O–H groups in total. The second-order valence-electron chi connectivity index (χ2n) is 4.98. The van der Waals surface area contributed by atoms with Gasteiger partial charge in [-0.05, 0) is 24.3 Å². The van der Waals surface area contributed by atoms with Crippen LogP contribution in [0.15, 0.2) is 35.3 Å². The minimum atomic E-state index is -0.589. The molecule has 0 bridgehead atoms. The van der Waals surface area contributed by atoms with Gasteiger partial charge in [-0.3, -0.25) is 19.2 Å². The van der Waals surface area contributed by atoms with Gasteiger partial charge in [0.1, 0.15) is 5.69 Å². The van der Waals surface area contributed by atoms with Crippen molar-refractivity contribution in [3.8, 4) is 0 Å². The van der Waals surface area contributed by atoms with E-state index in [-0.39, 0.29) is 22.2 Å². The smallest absolute Gasteiger partial charge is 0.329 e. The molecule has 2 heterocycles. The maximum Gasteiger partial charge on any atom is 0.329 e. The summed E-state index contributed by atoms with van der Waals surface area (Å²) in [7, 11) is 3.35. The third kappa shape index (κ3) is 2.42. The molecule has 8 nitrogen and oxygen atoms in total. The normalized spacial score (nSPS) is 10.9. The first-order valence-electron chi connectivity index (χ1n) is 6.61. The molecule has 1 aromatic carbocycles. The van der Waals surface area contributed by atoms with Crippen LogP contribution in [0.4, 0.5) is 17.1 Å². The number of hydrogen-bond donors (Lipinski definition) is 1. The predicted molar refractivity (Wildman–Crippen MR) is 87.3 cm³/mol. The number of nitro groups is 1. The lowest BCUT2D eigenvalue weighted by atomic mass is 10.2. The number of anilines is 2. The summed E-state index contributed by atoms with van der Waals surface area (Å²) in [5, 5.41) is 13.9. The van der Waals surface area contributed by atoms with Crippen molar-refractivity contribution in [2.24, 2.45) is 14.1 Å². The van der Waals surface area contributed by atoms with Crippen LogP contribution in [0.25, 0.3) is 11.0 Å². The zero-order valence-corrected chi connectivity index (χ0v) is 13.0. The molecule has 0 fully saturated rings. The second-order valence-corrected chi connectivity index (χ2v) is 5.34. The number of benzene rings is 1. The number of aromatic nitrogens is 3. The van der Waals surface area contributed by atoms with Gasteiger partial charge in [0.25, 0.3) is 0 Å². The minimum Gasteiger partial charge on any atom is -0.350 e. The lowest BCUT2D eigenvalue weighted by molar-refractivity contribution is -0.384. The van der Waals surface area contributed by atoms with Gasteiger partial charge in [0.15, 0.2) is 0 Å². The zero-order valence-electron chi connectivity index (χ0n) is 12.3. The van der Waals surface area contributed by atoms with Crippen molar-refractivity contribution in [1.29, 1.82) is 0 Å². The molecular formula is C14H12ClN5O3. The highest BCUT2D eigenvalue weighted by molar-refractivity contribution is 6.32. The molecule has 3 rings (SSSR count). The van der Waals surface area contributed by atoms with E-state index in [9.17, 15) is 14.9 Å². The van der Waals surface area contributed by atoms with Crippen LogP contribution < -0.4 is 11.0 Å². The van der Waals surface area contributed by atoms with Crippen molar-refractivity contribution in [1.82, 2.24) is 14.1 Å². The van der Waals surface area contributed by atoms with Gasteiger partial charge >= 0.3 is 11.4 Å². The van der Waals surface area contributed by atoms with Crippen LogP contribution in [0.2, 0.25) is 5.15 Å². The summed E-state index contributed by atoms with van der Waals surface area (Å²) in [6.07, 6.45) is 1.38. The van der Waals surface area contributed by atoms with Gasteiger partial charge in [-0.25, -0.2) is 9.78 Å². The Morgan fingerprint density at radius 3 is 2.61 bits per heavy atom. The van der Waals surface area contributed by atoms with Crippen LogP contribution in [0.1, 0.15) is 0 Å². The fraction of sp³-hybridized carbons (Fsp3) is 0.143. The Kier molecular flexibility index (Phi) is 3.53. The Morgan fingerprint density at radius 2 is 1.91 bits per heavy atom. The highest BCUT2D eigenvalue weighted by Gasteiger charge is 2.20. The number of nitrogens with one attached hydrogen (secondary N) is 1. The fourth-order valence-corrected chi connectivity index (χ4v) is 2.67. The third-order valence-corrected chi connectivity index (χ3v) is 3.89. The predicted octanol–water partition coefficient (Wildman–Crippen LogP) is 2.58. The van der Waals surface area contributed by atoms with Gasteiger partial charge in [-0.1, -0.05) is 11.6 Å². The number of pyridine rings is 1. The third-order valence-electron chi connectivity index (χ3n) is 3.61. The van der Waals surface area contributed by atoms with Gasteiger partial charge in [0.05, 0.1) is 16.0 Å². The number of rotatable bonds is 3. The average Bonchev–Trinajstić information content (AvgIpc) is 2.72. The summed E-state index contributed by atoms with van der Waals surface area (Å²) in [6.45, 7) is 0. The first kappa shape index (κ1) is 15.0. The molecular weight excluding hydrogens is 322 g/mol. The van der Waals surface area contributed by atoms with Gasteiger partial charge in [0.2, 0.25) is 5.15 Å². The molecule has 0 amide bonds. The average molecular weight is 334 g/mol. The van der Waals surface area contributed by atoms with Crippen LogP contribution >= 0.6 is 11.6 Å². The first-order valence-corrected chi connectivity index (χ1v) is 6.99. The molecule has 23 heavy (non-hydrogen) atoms. The molecule has 0 spiro atoms. The minimum absolute atomic E-state index is 0.143. The van der Waals surface area contributed by atoms with Crippen LogP contribution in [0, 0.1) is 10.1 Å². The van der Waals surface area contributed by atoms with Crippen molar-refractivity contribution in [2.75, 3.05) is 5.32 Å². The molecule has 3 aromatic rings. The molecule has 0 radical (unpaired) electrons. The quantitative estimate of drug-likeness (QED) is 0.451. The highest BCUT2D eigenvalue weighted by atomic mass is 35.5. The van der Waals surface area contributed by atoms with Gasteiger partial charge in [-0.2, -0.15) is 0 Å². The van der Waals surface area contributed by atoms with E-state index in [0.29, 0.717) is 11.2 Å². The van der Waals surface area contributed by atoms with E-state index in [2.05, 4.69) is 10.3 Å². The lowest BCUT2D eigenvalue weighted by Gasteiger charge is -2.08. The second kappa shape index (κ2) is 5.40.